The second kappa shape index (κ2) is 14.6. The van der Waals surface area contributed by atoms with Crippen LogP contribution in [0, 0.1) is 28.6 Å². The van der Waals surface area contributed by atoms with Gasteiger partial charge in [-0.05, 0) is 90.5 Å². The molecule has 1 aliphatic rings. The number of hydrogen-bond donors (Lipinski definition) is 0. The molecule has 3 nitrogen and oxygen atoms in total. The van der Waals surface area contributed by atoms with E-state index < -0.39 is 0 Å². The Bertz CT molecular complexity index is 1270. The monoisotopic (exact) mass is 518 g/mol. The lowest BCUT2D eigenvalue weighted by molar-refractivity contribution is 0.304. The molecule has 4 rings (SSSR count). The van der Waals surface area contributed by atoms with E-state index in [1.54, 1.807) is 0 Å². The minimum Gasteiger partial charge on any atom is -0.494 e. The second-order valence-corrected chi connectivity index (χ2v) is 11.1. The number of ether oxygens (including phenoxy) is 1. The van der Waals surface area contributed by atoms with Gasteiger partial charge in [0, 0.05) is 5.56 Å². The summed E-state index contributed by atoms with van der Waals surface area (Å²) in [6.07, 6.45) is 13.9. The highest BCUT2D eigenvalue weighted by atomic mass is 16.5. The van der Waals surface area contributed by atoms with Gasteiger partial charge in [-0.3, -0.25) is 0 Å². The van der Waals surface area contributed by atoms with Crippen LogP contribution in [-0.4, -0.2) is 6.61 Å². The molecule has 1 fully saturated rings. The lowest BCUT2D eigenvalue weighted by Gasteiger charge is -2.28. The fourth-order valence-electron chi connectivity index (χ4n) is 6.01. The van der Waals surface area contributed by atoms with Crippen molar-refractivity contribution >= 4 is 0 Å². The predicted molar refractivity (Wildman–Crippen MR) is 161 cm³/mol. The maximum Gasteiger partial charge on any atom is 0.119 e. The Balaban J connectivity index is 1.50. The molecule has 0 radical (unpaired) electrons. The maximum absolute atomic E-state index is 9.92. The minimum atomic E-state index is 0.413. The molecule has 0 aromatic heterocycles. The molecule has 3 aromatic rings. The molecule has 1 aliphatic carbocycles. The van der Waals surface area contributed by atoms with E-state index in [0.29, 0.717) is 17.0 Å². The van der Waals surface area contributed by atoms with Gasteiger partial charge in [-0.1, -0.05) is 88.8 Å². The highest BCUT2D eigenvalue weighted by Gasteiger charge is 2.22. The molecule has 0 atom stereocenters. The quantitative estimate of drug-likeness (QED) is 0.224. The van der Waals surface area contributed by atoms with E-state index in [1.165, 1.54) is 69.8 Å². The van der Waals surface area contributed by atoms with E-state index in [9.17, 15) is 10.5 Å². The Morgan fingerprint density at radius 2 is 1.41 bits per heavy atom. The normalized spacial score (nSPS) is 16.8. The van der Waals surface area contributed by atoms with Crippen LogP contribution in [0.5, 0.6) is 5.75 Å². The van der Waals surface area contributed by atoms with Gasteiger partial charge in [-0.15, -0.1) is 0 Å². The zero-order valence-electron chi connectivity index (χ0n) is 23.7. The summed E-state index contributed by atoms with van der Waals surface area (Å²) >= 11 is 0. The topological polar surface area (TPSA) is 56.8 Å². The Morgan fingerprint density at radius 3 is 2.05 bits per heavy atom. The number of hydrogen-bond acceptors (Lipinski definition) is 3. The van der Waals surface area contributed by atoms with Crippen LogP contribution in [0.15, 0.2) is 60.7 Å². The summed E-state index contributed by atoms with van der Waals surface area (Å²) in [5.74, 6) is 2.39. The number of nitriles is 2. The highest BCUT2D eigenvalue weighted by Crippen LogP contribution is 2.39. The van der Waals surface area contributed by atoms with E-state index in [2.05, 4.69) is 50.3 Å². The van der Waals surface area contributed by atoms with E-state index >= 15 is 0 Å². The Morgan fingerprint density at radius 1 is 0.718 bits per heavy atom. The molecule has 3 aromatic carbocycles. The van der Waals surface area contributed by atoms with Gasteiger partial charge in [0.25, 0.3) is 0 Å². The van der Waals surface area contributed by atoms with Crippen molar-refractivity contribution in [3.8, 4) is 40.1 Å². The molecule has 0 saturated heterocycles. The van der Waals surface area contributed by atoms with Crippen LogP contribution in [-0.2, 0) is 0 Å². The van der Waals surface area contributed by atoms with Crippen molar-refractivity contribution in [2.24, 2.45) is 5.92 Å². The van der Waals surface area contributed by atoms with Crippen LogP contribution in [0.4, 0.5) is 0 Å². The Hall–Kier alpha value is -3.56. The van der Waals surface area contributed by atoms with Crippen molar-refractivity contribution in [2.75, 3.05) is 6.61 Å². The van der Waals surface area contributed by atoms with Gasteiger partial charge in [-0.25, -0.2) is 0 Å². The van der Waals surface area contributed by atoms with Crippen molar-refractivity contribution in [3.63, 3.8) is 0 Å². The summed E-state index contributed by atoms with van der Waals surface area (Å²) in [4.78, 5) is 0. The van der Waals surface area contributed by atoms with Gasteiger partial charge in [0.15, 0.2) is 0 Å². The van der Waals surface area contributed by atoms with Crippen LogP contribution in [0.25, 0.3) is 22.3 Å². The summed E-state index contributed by atoms with van der Waals surface area (Å²) in [5.41, 5.74) is 6.00. The zero-order valence-corrected chi connectivity index (χ0v) is 23.7. The summed E-state index contributed by atoms with van der Waals surface area (Å²) in [7, 11) is 0. The average Bonchev–Trinajstić information content (AvgIpc) is 2.99. The predicted octanol–water partition coefficient (Wildman–Crippen LogP) is 10.2. The second-order valence-electron chi connectivity index (χ2n) is 11.1. The minimum absolute atomic E-state index is 0.413. The summed E-state index contributed by atoms with van der Waals surface area (Å²) in [6.45, 7) is 5.23. The van der Waals surface area contributed by atoms with Crippen LogP contribution in [0.1, 0.15) is 107 Å². The van der Waals surface area contributed by atoms with E-state index in [-0.39, 0.29) is 0 Å². The van der Waals surface area contributed by atoms with Gasteiger partial charge in [0.2, 0.25) is 0 Å². The SMILES string of the molecule is CCCCCCCOc1ccc(-c2cc(-c3ccc([C@H]4CC[C@H](CCC)CC4)cc3)cc(C#N)c2C#N)cc1. The number of benzene rings is 3. The highest BCUT2D eigenvalue weighted by molar-refractivity contribution is 5.81. The largest absolute Gasteiger partial charge is 0.494 e. The fourth-order valence-corrected chi connectivity index (χ4v) is 6.01. The molecule has 0 aliphatic heterocycles. The van der Waals surface area contributed by atoms with Crippen LogP contribution < -0.4 is 4.74 Å². The maximum atomic E-state index is 9.92. The first-order chi connectivity index (χ1) is 19.2. The molecule has 0 heterocycles. The molecular weight excluding hydrogens is 476 g/mol. The van der Waals surface area contributed by atoms with Gasteiger partial charge in [0.05, 0.1) is 17.7 Å². The standard InChI is InChI=1S/C36H42N2O/c1-3-5-6-7-8-22-39-34-20-18-31(19-21-34)35-24-32(23-33(25-37)36(35)26-38)30-16-14-29(15-17-30)28-12-10-27(9-4-2)11-13-28/h14-21,23-24,27-28H,3-13,22H2,1-2H3/t27-,28-. The third-order valence-electron chi connectivity index (χ3n) is 8.31. The van der Waals surface area contributed by atoms with E-state index in [0.717, 1.165) is 46.9 Å². The zero-order chi connectivity index (χ0) is 27.5. The fraction of sp³-hybridized carbons (Fsp3) is 0.444. The number of unbranched alkanes of at least 4 members (excludes halogenated alkanes) is 4. The number of nitrogens with zero attached hydrogens (tertiary/aromatic N) is 2. The van der Waals surface area contributed by atoms with Crippen molar-refractivity contribution in [1.29, 1.82) is 10.5 Å². The molecule has 1 saturated carbocycles. The molecule has 0 unspecified atom stereocenters. The molecule has 202 valence electrons. The molecule has 39 heavy (non-hydrogen) atoms. The third-order valence-corrected chi connectivity index (χ3v) is 8.31. The lowest BCUT2D eigenvalue weighted by atomic mass is 9.77. The van der Waals surface area contributed by atoms with Gasteiger partial charge >= 0.3 is 0 Å². The first-order valence-corrected chi connectivity index (χ1v) is 15.0. The van der Waals surface area contributed by atoms with Crippen molar-refractivity contribution in [3.05, 3.63) is 77.4 Å². The van der Waals surface area contributed by atoms with E-state index in [1.807, 2.05) is 36.4 Å². The van der Waals surface area contributed by atoms with Crippen LogP contribution in [0.3, 0.4) is 0 Å². The van der Waals surface area contributed by atoms with E-state index in [4.69, 9.17) is 4.74 Å². The van der Waals surface area contributed by atoms with Gasteiger partial charge in [0.1, 0.15) is 17.9 Å². The number of rotatable bonds is 12. The summed E-state index contributed by atoms with van der Waals surface area (Å²) < 4.78 is 5.93. The van der Waals surface area contributed by atoms with Crippen LogP contribution in [0.2, 0.25) is 0 Å². The molecule has 0 N–H and O–H groups in total. The first-order valence-electron chi connectivity index (χ1n) is 15.0. The smallest absolute Gasteiger partial charge is 0.119 e. The van der Waals surface area contributed by atoms with Gasteiger partial charge < -0.3 is 4.74 Å². The molecule has 0 bridgehead atoms. The van der Waals surface area contributed by atoms with Crippen molar-refractivity contribution in [1.82, 2.24) is 0 Å². The molecular formula is C36H42N2O. The Kier molecular flexibility index (Phi) is 10.6. The molecule has 0 amide bonds. The van der Waals surface area contributed by atoms with Crippen LogP contribution >= 0.6 is 0 Å². The third kappa shape index (κ3) is 7.52. The summed E-state index contributed by atoms with van der Waals surface area (Å²) in [6, 6.07) is 25.2. The lowest BCUT2D eigenvalue weighted by Crippen LogP contribution is -2.13. The molecule has 0 spiro atoms. The average molecular weight is 519 g/mol. The van der Waals surface area contributed by atoms with Crippen molar-refractivity contribution in [2.45, 2.75) is 90.4 Å². The molecule has 3 heteroatoms. The Labute approximate surface area is 235 Å². The van der Waals surface area contributed by atoms with Gasteiger partial charge in [-0.2, -0.15) is 10.5 Å². The van der Waals surface area contributed by atoms with Crippen molar-refractivity contribution < 1.29 is 4.74 Å². The first kappa shape index (κ1) is 28.4. The summed E-state index contributed by atoms with van der Waals surface area (Å²) in [5, 5.41) is 19.8.